The van der Waals surface area contributed by atoms with Crippen molar-refractivity contribution in [2.24, 2.45) is 0 Å². The van der Waals surface area contributed by atoms with Crippen molar-refractivity contribution in [2.45, 2.75) is 11.5 Å². The van der Waals surface area contributed by atoms with Gasteiger partial charge in [0.1, 0.15) is 10.7 Å². The molecule has 0 amide bonds. The number of aliphatic hydroxyl groups excluding tert-OH is 1. The molecule has 0 spiro atoms. The summed E-state index contributed by atoms with van der Waals surface area (Å²) in [5.74, 6) is -0.942. The molecule has 4 nitrogen and oxygen atoms in total. The summed E-state index contributed by atoms with van der Waals surface area (Å²) in [5.41, 5.74) is 0.233. The zero-order chi connectivity index (χ0) is 15.6. The standard InChI is InChI=1S/C13H10Cl2FNO3S/c14-9-2-1-3-10(15)13(9)17-21(19,20)12-6-8(7-18)4-5-11(12)16/h1-6,17-18H,7H2. The van der Waals surface area contributed by atoms with Crippen molar-refractivity contribution >= 4 is 38.9 Å². The van der Waals surface area contributed by atoms with Gasteiger partial charge >= 0.3 is 0 Å². The molecule has 112 valence electrons. The highest BCUT2D eigenvalue weighted by atomic mass is 35.5. The molecule has 21 heavy (non-hydrogen) atoms. The van der Waals surface area contributed by atoms with E-state index in [1.807, 2.05) is 0 Å². The Hall–Kier alpha value is -1.34. The van der Waals surface area contributed by atoms with Gasteiger partial charge in [0.2, 0.25) is 0 Å². The third-order valence-electron chi connectivity index (χ3n) is 2.67. The first kappa shape index (κ1) is 16.0. The summed E-state index contributed by atoms with van der Waals surface area (Å²) in [4.78, 5) is -0.593. The molecule has 0 atom stereocenters. The number of hydrogen-bond donors (Lipinski definition) is 2. The fourth-order valence-electron chi connectivity index (χ4n) is 1.64. The van der Waals surface area contributed by atoms with E-state index in [1.165, 1.54) is 18.2 Å². The predicted octanol–water partition coefficient (Wildman–Crippen LogP) is 3.43. The molecule has 0 saturated carbocycles. The van der Waals surface area contributed by atoms with Crippen LogP contribution in [0.3, 0.4) is 0 Å². The van der Waals surface area contributed by atoms with Gasteiger partial charge in [-0.3, -0.25) is 4.72 Å². The molecule has 0 radical (unpaired) electrons. The molecule has 0 saturated heterocycles. The van der Waals surface area contributed by atoms with Gasteiger partial charge in [0.05, 0.1) is 22.3 Å². The van der Waals surface area contributed by atoms with E-state index < -0.39 is 27.3 Å². The summed E-state index contributed by atoms with van der Waals surface area (Å²) in [6.07, 6.45) is 0. The van der Waals surface area contributed by atoms with Gasteiger partial charge in [-0.15, -0.1) is 0 Å². The first-order valence-electron chi connectivity index (χ1n) is 5.71. The van der Waals surface area contributed by atoms with Crippen LogP contribution in [0, 0.1) is 5.82 Å². The van der Waals surface area contributed by atoms with E-state index in [0.717, 1.165) is 12.1 Å². The number of halogens is 3. The minimum atomic E-state index is -4.23. The van der Waals surface area contributed by atoms with E-state index in [1.54, 1.807) is 6.07 Å². The fourth-order valence-corrected chi connectivity index (χ4v) is 3.47. The predicted molar refractivity (Wildman–Crippen MR) is 79.6 cm³/mol. The number of nitrogens with one attached hydrogen (secondary N) is 1. The van der Waals surface area contributed by atoms with Crippen LogP contribution in [0.4, 0.5) is 10.1 Å². The molecule has 8 heteroatoms. The molecule has 0 fully saturated rings. The van der Waals surface area contributed by atoms with Gasteiger partial charge in [0.25, 0.3) is 10.0 Å². The summed E-state index contributed by atoms with van der Waals surface area (Å²) in [5, 5.41) is 9.19. The molecular formula is C13H10Cl2FNO3S. The number of aliphatic hydroxyl groups is 1. The normalized spacial score (nSPS) is 11.4. The number of sulfonamides is 1. The third-order valence-corrected chi connectivity index (χ3v) is 4.66. The largest absolute Gasteiger partial charge is 0.392 e. The molecule has 2 aromatic carbocycles. The highest BCUT2D eigenvalue weighted by Crippen LogP contribution is 2.32. The van der Waals surface area contributed by atoms with Crippen LogP contribution in [0.15, 0.2) is 41.3 Å². The Kier molecular flexibility index (Phi) is 4.73. The number of anilines is 1. The molecule has 0 aliphatic rings. The number of para-hydroxylation sites is 1. The molecule has 2 aromatic rings. The van der Waals surface area contributed by atoms with Crippen LogP contribution < -0.4 is 4.72 Å². The zero-order valence-corrected chi connectivity index (χ0v) is 12.8. The minimum absolute atomic E-state index is 0.0327. The maximum atomic E-state index is 13.7. The highest BCUT2D eigenvalue weighted by molar-refractivity contribution is 7.92. The van der Waals surface area contributed by atoms with Crippen LogP contribution in [0.2, 0.25) is 10.0 Å². The third kappa shape index (κ3) is 3.47. The van der Waals surface area contributed by atoms with Crippen molar-refractivity contribution in [1.29, 1.82) is 0 Å². The Labute approximate surface area is 131 Å². The van der Waals surface area contributed by atoms with Crippen molar-refractivity contribution in [2.75, 3.05) is 4.72 Å². The second-order valence-corrected chi connectivity index (χ2v) is 6.59. The highest BCUT2D eigenvalue weighted by Gasteiger charge is 2.22. The van der Waals surface area contributed by atoms with Crippen LogP contribution in [0.25, 0.3) is 0 Å². The van der Waals surface area contributed by atoms with Gasteiger partial charge < -0.3 is 5.11 Å². The molecule has 0 aromatic heterocycles. The van der Waals surface area contributed by atoms with Crippen LogP contribution >= 0.6 is 23.2 Å². The molecule has 2 rings (SSSR count). The molecule has 0 aliphatic heterocycles. The summed E-state index contributed by atoms with van der Waals surface area (Å²) in [7, 11) is -4.23. The first-order chi connectivity index (χ1) is 9.85. The molecular weight excluding hydrogens is 340 g/mol. The topological polar surface area (TPSA) is 66.4 Å². The lowest BCUT2D eigenvalue weighted by atomic mass is 10.2. The summed E-state index contributed by atoms with van der Waals surface area (Å²) >= 11 is 11.8. The van der Waals surface area contributed by atoms with Crippen molar-refractivity contribution in [1.82, 2.24) is 0 Å². The number of rotatable bonds is 4. The maximum absolute atomic E-state index is 13.7. The molecule has 2 N–H and O–H groups in total. The summed E-state index contributed by atoms with van der Waals surface area (Å²) in [6, 6.07) is 7.75. The SMILES string of the molecule is O=S(=O)(Nc1c(Cl)cccc1Cl)c1cc(CO)ccc1F. The molecule has 0 heterocycles. The monoisotopic (exact) mass is 349 g/mol. The van der Waals surface area contributed by atoms with Gasteiger partial charge in [0.15, 0.2) is 0 Å². The van der Waals surface area contributed by atoms with Gasteiger partial charge in [-0.05, 0) is 29.8 Å². The maximum Gasteiger partial charge on any atom is 0.264 e. The fraction of sp³-hybridized carbons (Fsp3) is 0.0769. The Balaban J connectivity index is 2.48. The van der Waals surface area contributed by atoms with Gasteiger partial charge in [0, 0.05) is 0 Å². The van der Waals surface area contributed by atoms with Crippen molar-refractivity contribution in [3.63, 3.8) is 0 Å². The van der Waals surface area contributed by atoms with Crippen LogP contribution in [0.1, 0.15) is 5.56 Å². The van der Waals surface area contributed by atoms with Crippen LogP contribution in [-0.4, -0.2) is 13.5 Å². The van der Waals surface area contributed by atoms with Crippen molar-refractivity contribution < 1.29 is 17.9 Å². The Bertz CT molecular complexity index is 761. The zero-order valence-electron chi connectivity index (χ0n) is 10.5. The number of hydrogen-bond acceptors (Lipinski definition) is 3. The lowest BCUT2D eigenvalue weighted by Gasteiger charge is -2.12. The minimum Gasteiger partial charge on any atom is -0.392 e. The molecule has 0 aliphatic carbocycles. The second-order valence-electron chi connectivity index (χ2n) is 4.13. The van der Waals surface area contributed by atoms with E-state index in [-0.39, 0.29) is 21.3 Å². The molecule has 0 bridgehead atoms. The average molecular weight is 350 g/mol. The van der Waals surface area contributed by atoms with Crippen molar-refractivity contribution in [3.8, 4) is 0 Å². The smallest absolute Gasteiger partial charge is 0.264 e. The van der Waals surface area contributed by atoms with E-state index >= 15 is 0 Å². The van der Waals surface area contributed by atoms with E-state index in [0.29, 0.717) is 0 Å². The lowest BCUT2D eigenvalue weighted by molar-refractivity contribution is 0.281. The Morgan fingerprint density at radius 1 is 1.14 bits per heavy atom. The average Bonchev–Trinajstić information content (AvgIpc) is 2.43. The lowest BCUT2D eigenvalue weighted by Crippen LogP contribution is -2.15. The Morgan fingerprint density at radius 2 is 1.76 bits per heavy atom. The summed E-state index contributed by atoms with van der Waals surface area (Å²) < 4.78 is 40.4. The van der Waals surface area contributed by atoms with Gasteiger partial charge in [-0.25, -0.2) is 12.8 Å². The number of benzene rings is 2. The first-order valence-corrected chi connectivity index (χ1v) is 7.95. The van der Waals surface area contributed by atoms with Crippen LogP contribution in [0.5, 0.6) is 0 Å². The van der Waals surface area contributed by atoms with Crippen LogP contribution in [-0.2, 0) is 16.6 Å². The van der Waals surface area contributed by atoms with Crippen molar-refractivity contribution in [3.05, 3.63) is 57.8 Å². The molecule has 0 unspecified atom stereocenters. The van der Waals surface area contributed by atoms with E-state index in [9.17, 15) is 12.8 Å². The van der Waals surface area contributed by atoms with Gasteiger partial charge in [-0.1, -0.05) is 35.3 Å². The van der Waals surface area contributed by atoms with Gasteiger partial charge in [-0.2, -0.15) is 0 Å². The second kappa shape index (κ2) is 6.19. The van der Waals surface area contributed by atoms with E-state index in [2.05, 4.69) is 4.72 Å². The summed E-state index contributed by atoms with van der Waals surface area (Å²) in [6.45, 7) is -0.407. The van der Waals surface area contributed by atoms with E-state index in [4.69, 9.17) is 28.3 Å². The Morgan fingerprint density at radius 3 is 2.33 bits per heavy atom. The quantitative estimate of drug-likeness (QED) is 0.888.